The Morgan fingerprint density at radius 2 is 1.78 bits per heavy atom. The maximum atomic E-state index is 11.3. The molecule has 98 valence electrons. The van der Waals surface area contributed by atoms with Crippen LogP contribution in [0.15, 0.2) is 24.3 Å². The van der Waals surface area contributed by atoms with E-state index in [1.54, 1.807) is 31.4 Å². The maximum Gasteiger partial charge on any atom is 0.313 e. The first-order chi connectivity index (χ1) is 8.66. The zero-order chi connectivity index (χ0) is 13.0. The lowest BCUT2D eigenvalue weighted by Gasteiger charge is -2.23. The number of benzene rings is 1. The fraction of sp³-hybridized carbons (Fsp3) is 0.500. The van der Waals surface area contributed by atoms with E-state index in [1.165, 1.54) is 0 Å². The van der Waals surface area contributed by atoms with Crippen LogP contribution in [0.3, 0.4) is 0 Å². The molecule has 0 unspecified atom stereocenters. The summed E-state index contributed by atoms with van der Waals surface area (Å²) in [4.78, 5) is 11.3. The van der Waals surface area contributed by atoms with Crippen LogP contribution in [-0.2, 0) is 4.79 Å². The molecule has 1 aromatic rings. The van der Waals surface area contributed by atoms with Crippen LogP contribution in [-0.4, -0.2) is 24.8 Å². The van der Waals surface area contributed by atoms with Crippen molar-refractivity contribution in [3.8, 4) is 11.5 Å². The van der Waals surface area contributed by atoms with Gasteiger partial charge in [0.05, 0.1) is 7.11 Å². The molecule has 0 amide bonds. The number of hydrogen-bond donors (Lipinski definition) is 1. The Hall–Kier alpha value is -1.71. The Labute approximate surface area is 107 Å². The Bertz CT molecular complexity index is 404. The van der Waals surface area contributed by atoms with Crippen LogP contribution in [0.1, 0.15) is 25.7 Å². The zero-order valence-electron chi connectivity index (χ0n) is 10.5. The van der Waals surface area contributed by atoms with E-state index < -0.39 is 11.4 Å². The molecule has 1 fully saturated rings. The van der Waals surface area contributed by atoms with Crippen LogP contribution in [0, 0.1) is 5.41 Å². The minimum atomic E-state index is -0.742. The summed E-state index contributed by atoms with van der Waals surface area (Å²) in [5.74, 6) is 0.702. The van der Waals surface area contributed by atoms with Gasteiger partial charge in [-0.15, -0.1) is 0 Å². The molecule has 1 aromatic carbocycles. The van der Waals surface area contributed by atoms with E-state index in [0.29, 0.717) is 18.6 Å². The van der Waals surface area contributed by atoms with Gasteiger partial charge in [-0.25, -0.2) is 0 Å². The molecule has 0 spiro atoms. The minimum Gasteiger partial charge on any atom is -0.497 e. The number of methoxy groups -OCH3 is 1. The topological polar surface area (TPSA) is 55.8 Å². The average Bonchev–Trinajstić information content (AvgIpc) is 2.87. The zero-order valence-corrected chi connectivity index (χ0v) is 10.5. The average molecular weight is 250 g/mol. The van der Waals surface area contributed by atoms with Crippen LogP contribution in [0.5, 0.6) is 11.5 Å². The molecular weight excluding hydrogens is 232 g/mol. The lowest BCUT2D eigenvalue weighted by Crippen LogP contribution is -2.34. The molecule has 0 atom stereocenters. The normalized spacial score (nSPS) is 17.4. The Kier molecular flexibility index (Phi) is 3.75. The second-order valence-corrected chi connectivity index (χ2v) is 4.76. The second kappa shape index (κ2) is 5.29. The number of carboxylic acids is 1. The minimum absolute atomic E-state index is 0.245. The Morgan fingerprint density at radius 1 is 1.22 bits per heavy atom. The van der Waals surface area contributed by atoms with Gasteiger partial charge in [-0.3, -0.25) is 4.79 Å². The van der Waals surface area contributed by atoms with Gasteiger partial charge in [0.1, 0.15) is 23.5 Å². The molecule has 1 saturated carbocycles. The largest absolute Gasteiger partial charge is 0.497 e. The van der Waals surface area contributed by atoms with Crippen LogP contribution in [0.2, 0.25) is 0 Å². The lowest BCUT2D eigenvalue weighted by molar-refractivity contribution is -0.150. The molecular formula is C14H18O4. The molecule has 0 saturated heterocycles. The van der Waals surface area contributed by atoms with Gasteiger partial charge in [-0.05, 0) is 37.1 Å². The highest BCUT2D eigenvalue weighted by Crippen LogP contribution is 2.38. The number of ether oxygens (including phenoxy) is 2. The summed E-state index contributed by atoms with van der Waals surface area (Å²) in [6.07, 6.45) is 3.35. The maximum absolute atomic E-state index is 11.3. The predicted molar refractivity (Wildman–Crippen MR) is 67.0 cm³/mol. The number of carbonyl (C=O) groups is 1. The van der Waals surface area contributed by atoms with Crippen molar-refractivity contribution in [1.82, 2.24) is 0 Å². The molecule has 4 heteroatoms. The highest BCUT2D eigenvalue weighted by molar-refractivity contribution is 5.75. The molecule has 1 aliphatic carbocycles. The Balaban J connectivity index is 1.99. The summed E-state index contributed by atoms with van der Waals surface area (Å²) >= 11 is 0. The van der Waals surface area contributed by atoms with Crippen LogP contribution in [0.4, 0.5) is 0 Å². The van der Waals surface area contributed by atoms with Crippen molar-refractivity contribution in [3.63, 3.8) is 0 Å². The van der Waals surface area contributed by atoms with E-state index in [1.807, 2.05) is 0 Å². The standard InChI is InChI=1S/C14H18O4/c1-17-11-4-6-12(7-5-11)18-10-14(13(15)16)8-2-3-9-14/h4-7H,2-3,8-10H2,1H3,(H,15,16). The van der Waals surface area contributed by atoms with Crippen molar-refractivity contribution in [3.05, 3.63) is 24.3 Å². The molecule has 1 N–H and O–H groups in total. The monoisotopic (exact) mass is 250 g/mol. The third-order valence-electron chi connectivity index (χ3n) is 3.59. The first-order valence-corrected chi connectivity index (χ1v) is 6.16. The van der Waals surface area contributed by atoms with E-state index >= 15 is 0 Å². The van der Waals surface area contributed by atoms with Gasteiger partial charge >= 0.3 is 5.97 Å². The molecule has 0 aliphatic heterocycles. The van der Waals surface area contributed by atoms with Crippen LogP contribution >= 0.6 is 0 Å². The fourth-order valence-electron chi connectivity index (χ4n) is 2.37. The van der Waals surface area contributed by atoms with E-state index in [2.05, 4.69) is 0 Å². The van der Waals surface area contributed by atoms with Crippen molar-refractivity contribution in [2.75, 3.05) is 13.7 Å². The molecule has 0 aromatic heterocycles. The summed E-state index contributed by atoms with van der Waals surface area (Å²) < 4.78 is 10.7. The summed E-state index contributed by atoms with van der Waals surface area (Å²) in [5, 5.41) is 9.32. The van der Waals surface area contributed by atoms with Crippen molar-refractivity contribution < 1.29 is 19.4 Å². The highest BCUT2D eigenvalue weighted by Gasteiger charge is 2.42. The third-order valence-corrected chi connectivity index (χ3v) is 3.59. The van der Waals surface area contributed by atoms with Crippen molar-refractivity contribution >= 4 is 5.97 Å². The van der Waals surface area contributed by atoms with Gasteiger partial charge in [-0.1, -0.05) is 12.8 Å². The van der Waals surface area contributed by atoms with E-state index in [0.717, 1.165) is 18.6 Å². The summed E-state index contributed by atoms with van der Waals surface area (Å²) in [5.41, 5.74) is -0.695. The lowest BCUT2D eigenvalue weighted by atomic mass is 9.87. The summed E-state index contributed by atoms with van der Waals surface area (Å²) in [6.45, 7) is 0.245. The second-order valence-electron chi connectivity index (χ2n) is 4.76. The number of carboxylic acid groups (broad SMARTS) is 1. The van der Waals surface area contributed by atoms with E-state index in [9.17, 15) is 9.90 Å². The SMILES string of the molecule is COc1ccc(OCC2(C(=O)O)CCCC2)cc1. The van der Waals surface area contributed by atoms with Gasteiger partial charge in [0.15, 0.2) is 0 Å². The molecule has 2 rings (SSSR count). The summed E-state index contributed by atoms with van der Waals surface area (Å²) in [7, 11) is 1.60. The predicted octanol–water partition coefficient (Wildman–Crippen LogP) is 2.72. The van der Waals surface area contributed by atoms with E-state index in [4.69, 9.17) is 9.47 Å². The van der Waals surface area contributed by atoms with Crippen molar-refractivity contribution in [2.24, 2.45) is 5.41 Å². The van der Waals surface area contributed by atoms with Gasteiger partial charge in [0, 0.05) is 0 Å². The van der Waals surface area contributed by atoms with Crippen LogP contribution < -0.4 is 9.47 Å². The molecule has 1 aliphatic rings. The first kappa shape index (κ1) is 12.7. The third kappa shape index (κ3) is 2.58. The molecule has 0 bridgehead atoms. The quantitative estimate of drug-likeness (QED) is 0.873. The summed E-state index contributed by atoms with van der Waals surface area (Å²) in [6, 6.07) is 7.20. The molecule has 18 heavy (non-hydrogen) atoms. The van der Waals surface area contributed by atoms with Crippen LogP contribution in [0.25, 0.3) is 0 Å². The van der Waals surface area contributed by atoms with Gasteiger partial charge in [0.25, 0.3) is 0 Å². The van der Waals surface area contributed by atoms with Crippen molar-refractivity contribution in [1.29, 1.82) is 0 Å². The first-order valence-electron chi connectivity index (χ1n) is 6.16. The van der Waals surface area contributed by atoms with Crippen molar-refractivity contribution in [2.45, 2.75) is 25.7 Å². The fourth-order valence-corrected chi connectivity index (χ4v) is 2.37. The number of aliphatic carboxylic acids is 1. The number of rotatable bonds is 5. The molecule has 0 radical (unpaired) electrons. The van der Waals surface area contributed by atoms with E-state index in [-0.39, 0.29) is 6.61 Å². The Morgan fingerprint density at radius 3 is 2.28 bits per heavy atom. The molecule has 4 nitrogen and oxygen atoms in total. The number of hydrogen-bond acceptors (Lipinski definition) is 3. The highest BCUT2D eigenvalue weighted by atomic mass is 16.5. The van der Waals surface area contributed by atoms with Gasteiger partial charge in [-0.2, -0.15) is 0 Å². The smallest absolute Gasteiger partial charge is 0.313 e. The van der Waals surface area contributed by atoms with Gasteiger partial charge < -0.3 is 14.6 Å². The van der Waals surface area contributed by atoms with Gasteiger partial charge in [0.2, 0.25) is 0 Å². The molecule has 0 heterocycles.